The van der Waals surface area contributed by atoms with Gasteiger partial charge in [-0.3, -0.25) is 0 Å². The summed E-state index contributed by atoms with van der Waals surface area (Å²) in [5, 5.41) is 4.62. The number of fused-ring (bicyclic) bond motifs is 2. The maximum atomic E-state index is 15.4. The van der Waals surface area contributed by atoms with Gasteiger partial charge in [0.05, 0.1) is 0 Å². The van der Waals surface area contributed by atoms with Crippen LogP contribution in [0.25, 0.3) is 0 Å². The molecule has 218 valence electrons. The van der Waals surface area contributed by atoms with Gasteiger partial charge in [0.25, 0.3) is 0 Å². The van der Waals surface area contributed by atoms with Crippen molar-refractivity contribution in [1.82, 2.24) is 0 Å². The SMILES string of the molecule is CC(C)(C)c1ccc(I(OS(=O)(=O)C(F)(F)C(F)(F)C2CC3CC(O)C2C3)c2ccc(C(C)(C)C)cc2)cc1. The molecule has 0 aliphatic heterocycles. The predicted molar refractivity (Wildman–Crippen MR) is 152 cm³/mol. The van der Waals surface area contributed by atoms with Gasteiger partial charge in [-0.25, -0.2) is 0 Å². The third-order valence-corrected chi connectivity index (χ3v) is 15.3. The number of aliphatic hydroxyl groups excluding tert-OH is 1. The van der Waals surface area contributed by atoms with Crippen LogP contribution in [0.3, 0.4) is 0 Å². The van der Waals surface area contributed by atoms with E-state index in [2.05, 4.69) is 0 Å². The molecule has 2 aliphatic rings. The Balaban J connectivity index is 1.71. The Bertz CT molecular complexity index is 1230. The molecule has 2 fully saturated rings. The van der Waals surface area contributed by atoms with Crippen LogP contribution in [0.1, 0.15) is 71.9 Å². The van der Waals surface area contributed by atoms with E-state index >= 15 is 17.6 Å². The number of hydrogen-bond acceptors (Lipinski definition) is 4. The molecule has 0 radical (unpaired) electrons. The average Bonchev–Trinajstić information content (AvgIpc) is 3.42. The van der Waals surface area contributed by atoms with Crippen molar-refractivity contribution in [3.63, 3.8) is 0 Å². The molecule has 0 aromatic heterocycles. The number of hydrogen-bond donors (Lipinski definition) is 1. The molecule has 10 heteroatoms. The molecule has 0 amide bonds. The molecule has 4 unspecified atom stereocenters. The normalized spacial score (nSPS) is 24.7. The van der Waals surface area contributed by atoms with E-state index in [1.165, 1.54) is 0 Å². The quantitative estimate of drug-likeness (QED) is 0.240. The summed E-state index contributed by atoms with van der Waals surface area (Å²) >= 11 is -3.64. The summed E-state index contributed by atoms with van der Waals surface area (Å²) in [5.74, 6) is -8.19. The Labute approximate surface area is 236 Å². The van der Waals surface area contributed by atoms with Crippen molar-refractivity contribution in [2.24, 2.45) is 17.8 Å². The molecular formula is C29H37F4IO4S. The van der Waals surface area contributed by atoms with Crippen LogP contribution >= 0.6 is 20.2 Å². The fourth-order valence-electron chi connectivity index (χ4n) is 5.56. The van der Waals surface area contributed by atoms with Crippen LogP contribution < -0.4 is 0 Å². The topological polar surface area (TPSA) is 63.6 Å². The first kappa shape index (κ1) is 30.7. The van der Waals surface area contributed by atoms with E-state index in [0.717, 1.165) is 11.1 Å². The van der Waals surface area contributed by atoms with Gasteiger partial charge >= 0.3 is 237 Å². The van der Waals surface area contributed by atoms with E-state index in [-0.39, 0.29) is 36.0 Å². The molecule has 4 atom stereocenters. The van der Waals surface area contributed by atoms with Gasteiger partial charge in [-0.15, -0.1) is 0 Å². The number of aliphatic hydroxyl groups is 1. The van der Waals surface area contributed by atoms with Crippen LogP contribution in [0.15, 0.2) is 48.5 Å². The van der Waals surface area contributed by atoms with Crippen LogP contribution in [0, 0.1) is 24.9 Å². The first-order valence-electron chi connectivity index (χ1n) is 13.0. The molecule has 2 aromatic rings. The van der Waals surface area contributed by atoms with Gasteiger partial charge in [-0.05, 0) is 0 Å². The number of alkyl halides is 4. The van der Waals surface area contributed by atoms with Gasteiger partial charge in [-0.2, -0.15) is 0 Å². The predicted octanol–water partition coefficient (Wildman–Crippen LogP) is 7.72. The second-order valence-electron chi connectivity index (χ2n) is 12.8. The zero-order chi connectivity index (χ0) is 29.2. The van der Waals surface area contributed by atoms with E-state index in [1.54, 1.807) is 48.5 Å². The number of halogens is 5. The maximum absolute atomic E-state index is 15.4. The van der Waals surface area contributed by atoms with E-state index in [0.29, 0.717) is 7.14 Å². The van der Waals surface area contributed by atoms with Gasteiger partial charge in [-0.1, -0.05) is 0 Å². The molecular weight excluding hydrogens is 647 g/mol. The van der Waals surface area contributed by atoms with Crippen molar-refractivity contribution in [3.8, 4) is 0 Å². The van der Waals surface area contributed by atoms with Crippen molar-refractivity contribution in [1.29, 1.82) is 0 Å². The molecule has 0 saturated heterocycles. The first-order valence-corrected chi connectivity index (χ1v) is 17.5. The zero-order valence-electron chi connectivity index (χ0n) is 23.0. The van der Waals surface area contributed by atoms with Crippen LogP contribution in [0.4, 0.5) is 17.6 Å². The van der Waals surface area contributed by atoms with Crippen LogP contribution in [0.5, 0.6) is 0 Å². The second-order valence-corrected chi connectivity index (χ2v) is 19.4. The van der Waals surface area contributed by atoms with Crippen LogP contribution in [0.2, 0.25) is 0 Å². The Morgan fingerprint density at radius 1 is 0.769 bits per heavy atom. The number of benzene rings is 2. The minimum atomic E-state index is -6.06. The van der Waals surface area contributed by atoms with Gasteiger partial charge < -0.3 is 0 Å². The molecule has 4 rings (SSSR count). The second kappa shape index (κ2) is 10.2. The molecule has 4 nitrogen and oxygen atoms in total. The standard InChI is InChI=1S/C29H37F4IO4S/c1-26(2,3)19-7-11-21(12-8-19)34(22-13-9-20(10-14-22)27(4,5)6)38-39(36,37)29(32,33)28(30,31)24-16-18-15-23(24)25(35)17-18/h7-14,18,23-25,35H,15-17H2,1-6H3. The molecule has 39 heavy (non-hydrogen) atoms. The van der Waals surface area contributed by atoms with E-state index in [9.17, 15) is 13.5 Å². The van der Waals surface area contributed by atoms with Gasteiger partial charge in [0.1, 0.15) is 0 Å². The summed E-state index contributed by atoms with van der Waals surface area (Å²) in [7, 11) is -6.06. The molecule has 1 N–H and O–H groups in total. The van der Waals surface area contributed by atoms with Gasteiger partial charge in [0, 0.05) is 0 Å². The molecule has 2 aliphatic carbocycles. The van der Waals surface area contributed by atoms with Crippen molar-refractivity contribution >= 4 is 30.4 Å². The third-order valence-electron chi connectivity index (χ3n) is 7.91. The third kappa shape index (κ3) is 5.77. The zero-order valence-corrected chi connectivity index (χ0v) is 26.0. The average molecular weight is 685 g/mol. The minimum absolute atomic E-state index is 0.192. The summed E-state index contributed by atoms with van der Waals surface area (Å²) in [6, 6.07) is 13.7. The summed E-state index contributed by atoms with van der Waals surface area (Å²) in [5.41, 5.74) is 1.47. The molecule has 0 heterocycles. The van der Waals surface area contributed by atoms with E-state index in [1.807, 2.05) is 41.5 Å². The molecule has 0 spiro atoms. The molecule has 2 aromatic carbocycles. The Kier molecular flexibility index (Phi) is 8.06. The number of rotatable bonds is 7. The van der Waals surface area contributed by atoms with Crippen molar-refractivity contribution in [3.05, 3.63) is 66.8 Å². The molecule has 2 bridgehead atoms. The van der Waals surface area contributed by atoms with Crippen LogP contribution in [-0.2, 0) is 23.5 Å². The molecule has 2 saturated carbocycles. The van der Waals surface area contributed by atoms with E-state index < -0.39 is 59.5 Å². The fraction of sp³-hybridized carbons (Fsp3) is 0.586. The van der Waals surface area contributed by atoms with E-state index in [4.69, 9.17) is 2.51 Å². The summed E-state index contributed by atoms with van der Waals surface area (Å²) in [6.07, 6.45) is -0.913. The van der Waals surface area contributed by atoms with Crippen LogP contribution in [-0.4, -0.2) is 30.8 Å². The van der Waals surface area contributed by atoms with Crippen molar-refractivity contribution in [2.45, 2.75) is 88.9 Å². The summed E-state index contributed by atoms with van der Waals surface area (Å²) in [6.45, 7) is 12.0. The monoisotopic (exact) mass is 684 g/mol. The van der Waals surface area contributed by atoms with Crippen molar-refractivity contribution in [2.75, 3.05) is 0 Å². The van der Waals surface area contributed by atoms with Crippen molar-refractivity contribution < 1.29 is 33.6 Å². The Morgan fingerprint density at radius 2 is 1.21 bits per heavy atom. The fourth-order valence-corrected chi connectivity index (χ4v) is 12.5. The van der Waals surface area contributed by atoms with Gasteiger partial charge in [0.2, 0.25) is 0 Å². The summed E-state index contributed by atoms with van der Waals surface area (Å²) in [4.78, 5) is 0. The van der Waals surface area contributed by atoms with Gasteiger partial charge in [0.15, 0.2) is 0 Å². The summed E-state index contributed by atoms with van der Waals surface area (Å²) < 4.78 is 93.7. The Hall–Kier alpha value is -1.24. The Morgan fingerprint density at radius 3 is 1.56 bits per heavy atom. The first-order chi connectivity index (χ1) is 17.8.